The average Bonchev–Trinajstić information content (AvgIpc) is 3.42. The predicted molar refractivity (Wildman–Crippen MR) is 107 cm³/mol. The number of carbonyl (C=O) groups excluding carboxylic acids is 1. The standard InChI is InChI=1S/C23H27FN2O2/c24-21-11-5-1-8-18(21)16-26(19-13-14-19)23(27)25-15-17-7-2-6-12-22(17)28-20-9-3-4-10-20/h1-2,5-8,11-12,19-20H,3-4,9-10,13-16H2,(H,25,27). The summed E-state index contributed by atoms with van der Waals surface area (Å²) in [5, 5.41) is 3.01. The van der Waals surface area contributed by atoms with Gasteiger partial charge < -0.3 is 15.0 Å². The zero-order valence-electron chi connectivity index (χ0n) is 16.1. The summed E-state index contributed by atoms with van der Waals surface area (Å²) in [5.41, 5.74) is 1.53. The van der Waals surface area contributed by atoms with E-state index in [9.17, 15) is 9.18 Å². The van der Waals surface area contributed by atoms with Crippen molar-refractivity contribution in [1.82, 2.24) is 10.2 Å². The SMILES string of the molecule is O=C(NCc1ccccc1OC1CCCC1)N(Cc1ccccc1F)C1CC1. The molecule has 148 valence electrons. The summed E-state index contributed by atoms with van der Waals surface area (Å²) in [6.45, 7) is 0.700. The van der Waals surface area contributed by atoms with Crippen LogP contribution in [0.5, 0.6) is 5.75 Å². The second-order valence-corrected chi connectivity index (χ2v) is 7.74. The molecule has 4 rings (SSSR count). The molecule has 2 aliphatic rings. The summed E-state index contributed by atoms with van der Waals surface area (Å²) in [4.78, 5) is 14.6. The molecule has 0 unspecified atom stereocenters. The number of nitrogens with one attached hydrogen (secondary N) is 1. The van der Waals surface area contributed by atoms with E-state index in [1.165, 1.54) is 18.9 Å². The molecule has 4 nitrogen and oxygen atoms in total. The number of para-hydroxylation sites is 1. The van der Waals surface area contributed by atoms with Gasteiger partial charge in [-0.05, 0) is 50.7 Å². The maximum atomic E-state index is 14.0. The molecule has 5 heteroatoms. The van der Waals surface area contributed by atoms with Crippen LogP contribution in [0.4, 0.5) is 9.18 Å². The lowest BCUT2D eigenvalue weighted by atomic mass is 10.2. The van der Waals surface area contributed by atoms with Gasteiger partial charge in [0.2, 0.25) is 0 Å². The van der Waals surface area contributed by atoms with Gasteiger partial charge in [-0.2, -0.15) is 0 Å². The number of amides is 2. The zero-order chi connectivity index (χ0) is 19.3. The van der Waals surface area contributed by atoms with E-state index in [1.54, 1.807) is 23.1 Å². The van der Waals surface area contributed by atoms with E-state index in [0.29, 0.717) is 18.7 Å². The fourth-order valence-electron chi connectivity index (χ4n) is 3.79. The Labute approximate surface area is 165 Å². The highest BCUT2D eigenvalue weighted by Crippen LogP contribution is 2.29. The number of carbonyl (C=O) groups is 1. The monoisotopic (exact) mass is 382 g/mol. The molecule has 2 aliphatic carbocycles. The zero-order valence-corrected chi connectivity index (χ0v) is 16.1. The van der Waals surface area contributed by atoms with Gasteiger partial charge in [0.05, 0.1) is 12.6 Å². The number of urea groups is 1. The van der Waals surface area contributed by atoms with Crippen LogP contribution in [-0.4, -0.2) is 23.1 Å². The van der Waals surface area contributed by atoms with Crippen LogP contribution >= 0.6 is 0 Å². The van der Waals surface area contributed by atoms with Gasteiger partial charge >= 0.3 is 6.03 Å². The predicted octanol–water partition coefficient (Wildman–Crippen LogP) is 5.02. The van der Waals surface area contributed by atoms with Crippen molar-refractivity contribution in [3.8, 4) is 5.75 Å². The number of halogens is 1. The van der Waals surface area contributed by atoms with Gasteiger partial charge in [-0.15, -0.1) is 0 Å². The van der Waals surface area contributed by atoms with Crippen LogP contribution in [0, 0.1) is 5.82 Å². The Morgan fingerprint density at radius 2 is 1.68 bits per heavy atom. The lowest BCUT2D eigenvalue weighted by Crippen LogP contribution is -2.40. The van der Waals surface area contributed by atoms with Crippen LogP contribution in [0.1, 0.15) is 49.7 Å². The minimum Gasteiger partial charge on any atom is -0.490 e. The van der Waals surface area contributed by atoms with Crippen molar-refractivity contribution in [2.24, 2.45) is 0 Å². The third-order valence-corrected chi connectivity index (χ3v) is 5.55. The highest BCUT2D eigenvalue weighted by Gasteiger charge is 2.33. The number of ether oxygens (including phenoxy) is 1. The van der Waals surface area contributed by atoms with E-state index in [-0.39, 0.29) is 24.0 Å². The van der Waals surface area contributed by atoms with Gasteiger partial charge in [0.15, 0.2) is 0 Å². The molecule has 2 saturated carbocycles. The number of hydrogen-bond acceptors (Lipinski definition) is 2. The largest absolute Gasteiger partial charge is 0.490 e. The van der Waals surface area contributed by atoms with Gasteiger partial charge in [-0.3, -0.25) is 0 Å². The van der Waals surface area contributed by atoms with Gasteiger partial charge in [0, 0.05) is 23.7 Å². The van der Waals surface area contributed by atoms with E-state index in [4.69, 9.17) is 4.74 Å². The Morgan fingerprint density at radius 3 is 2.39 bits per heavy atom. The Bertz CT molecular complexity index is 816. The topological polar surface area (TPSA) is 41.6 Å². The molecule has 0 bridgehead atoms. The molecular weight excluding hydrogens is 355 g/mol. The summed E-state index contributed by atoms with van der Waals surface area (Å²) in [7, 11) is 0. The Balaban J connectivity index is 1.39. The van der Waals surface area contributed by atoms with Crippen LogP contribution in [0.3, 0.4) is 0 Å². The number of hydrogen-bond donors (Lipinski definition) is 1. The highest BCUT2D eigenvalue weighted by atomic mass is 19.1. The van der Waals surface area contributed by atoms with Crippen molar-refractivity contribution < 1.29 is 13.9 Å². The van der Waals surface area contributed by atoms with Crippen molar-refractivity contribution >= 4 is 6.03 Å². The fraction of sp³-hybridized carbons (Fsp3) is 0.435. The van der Waals surface area contributed by atoms with E-state index in [0.717, 1.165) is 37.0 Å². The first-order chi connectivity index (χ1) is 13.7. The Morgan fingerprint density at radius 1 is 1.00 bits per heavy atom. The third kappa shape index (κ3) is 4.64. The molecular formula is C23H27FN2O2. The van der Waals surface area contributed by atoms with Gasteiger partial charge in [-0.1, -0.05) is 36.4 Å². The lowest BCUT2D eigenvalue weighted by Gasteiger charge is -2.24. The van der Waals surface area contributed by atoms with Gasteiger partial charge in [-0.25, -0.2) is 9.18 Å². The summed E-state index contributed by atoms with van der Waals surface area (Å²) in [6, 6.07) is 14.6. The van der Waals surface area contributed by atoms with Crippen LogP contribution in [0.25, 0.3) is 0 Å². The van der Waals surface area contributed by atoms with Crippen LogP contribution in [0.15, 0.2) is 48.5 Å². The van der Waals surface area contributed by atoms with Crippen LogP contribution in [0.2, 0.25) is 0 Å². The van der Waals surface area contributed by atoms with Gasteiger partial charge in [0.25, 0.3) is 0 Å². The molecule has 0 aliphatic heterocycles. The lowest BCUT2D eigenvalue weighted by molar-refractivity contribution is 0.189. The van der Waals surface area contributed by atoms with Crippen molar-refractivity contribution in [2.75, 3.05) is 0 Å². The quantitative estimate of drug-likeness (QED) is 0.730. The molecule has 2 fully saturated rings. The normalized spacial score (nSPS) is 16.8. The Kier molecular flexibility index (Phi) is 5.79. The van der Waals surface area contributed by atoms with Crippen molar-refractivity contribution in [3.63, 3.8) is 0 Å². The molecule has 0 heterocycles. The maximum absolute atomic E-state index is 14.0. The molecule has 2 amide bonds. The summed E-state index contributed by atoms with van der Waals surface area (Å²) < 4.78 is 20.2. The summed E-state index contributed by atoms with van der Waals surface area (Å²) in [6.07, 6.45) is 6.86. The fourth-order valence-corrected chi connectivity index (χ4v) is 3.79. The van der Waals surface area contributed by atoms with Crippen LogP contribution < -0.4 is 10.1 Å². The molecule has 2 aromatic carbocycles. The first-order valence-corrected chi connectivity index (χ1v) is 10.2. The second kappa shape index (κ2) is 8.63. The third-order valence-electron chi connectivity index (χ3n) is 5.55. The molecule has 0 atom stereocenters. The van der Waals surface area contributed by atoms with Crippen LogP contribution in [-0.2, 0) is 13.1 Å². The molecule has 0 saturated heterocycles. The Hall–Kier alpha value is -2.56. The minimum absolute atomic E-state index is 0.151. The average molecular weight is 382 g/mol. The molecule has 2 aromatic rings. The van der Waals surface area contributed by atoms with E-state index in [2.05, 4.69) is 5.32 Å². The maximum Gasteiger partial charge on any atom is 0.318 e. The second-order valence-electron chi connectivity index (χ2n) is 7.74. The number of benzene rings is 2. The summed E-state index contributed by atoms with van der Waals surface area (Å²) in [5.74, 6) is 0.582. The molecule has 1 N–H and O–H groups in total. The molecule has 28 heavy (non-hydrogen) atoms. The first-order valence-electron chi connectivity index (χ1n) is 10.2. The van der Waals surface area contributed by atoms with E-state index < -0.39 is 0 Å². The smallest absolute Gasteiger partial charge is 0.318 e. The van der Waals surface area contributed by atoms with E-state index >= 15 is 0 Å². The molecule has 0 aromatic heterocycles. The van der Waals surface area contributed by atoms with Crippen molar-refractivity contribution in [2.45, 2.75) is 63.8 Å². The first kappa shape index (κ1) is 18.8. The molecule has 0 spiro atoms. The van der Waals surface area contributed by atoms with Crippen molar-refractivity contribution in [3.05, 3.63) is 65.5 Å². The number of rotatable bonds is 7. The minimum atomic E-state index is -0.267. The highest BCUT2D eigenvalue weighted by molar-refractivity contribution is 5.75. The van der Waals surface area contributed by atoms with Gasteiger partial charge in [0.1, 0.15) is 11.6 Å². The van der Waals surface area contributed by atoms with Crippen molar-refractivity contribution in [1.29, 1.82) is 0 Å². The summed E-state index contributed by atoms with van der Waals surface area (Å²) >= 11 is 0. The van der Waals surface area contributed by atoms with E-state index in [1.807, 2.05) is 24.3 Å². The molecule has 0 radical (unpaired) electrons. The number of nitrogens with zero attached hydrogens (tertiary/aromatic N) is 1.